The second-order valence-corrected chi connectivity index (χ2v) is 5.63. The van der Waals surface area contributed by atoms with E-state index in [4.69, 9.17) is 4.42 Å². The first-order chi connectivity index (χ1) is 10.1. The van der Waals surface area contributed by atoms with Crippen LogP contribution in [0.15, 0.2) is 34.9 Å². The number of likely N-dealkylation sites (tertiary alicyclic amines) is 1. The zero-order valence-corrected chi connectivity index (χ0v) is 12.2. The van der Waals surface area contributed by atoms with E-state index in [-0.39, 0.29) is 6.04 Å². The Balaban J connectivity index is 1.60. The van der Waals surface area contributed by atoms with E-state index in [9.17, 15) is 9.90 Å². The molecule has 1 saturated heterocycles. The van der Waals surface area contributed by atoms with Crippen LogP contribution in [0.2, 0.25) is 0 Å². The number of rotatable bonds is 4. The minimum atomic E-state index is -0.853. The van der Waals surface area contributed by atoms with Crippen LogP contribution in [-0.4, -0.2) is 33.6 Å². The van der Waals surface area contributed by atoms with Crippen molar-refractivity contribution in [3.63, 3.8) is 0 Å². The van der Waals surface area contributed by atoms with Crippen LogP contribution in [0.4, 0.5) is 0 Å². The Labute approximate surface area is 123 Å². The maximum absolute atomic E-state index is 11.2. The Bertz CT molecular complexity index is 621. The molecule has 0 spiro atoms. The summed E-state index contributed by atoms with van der Waals surface area (Å²) < 4.78 is 7.51. The van der Waals surface area contributed by atoms with Crippen molar-refractivity contribution in [2.45, 2.75) is 32.4 Å². The van der Waals surface area contributed by atoms with E-state index < -0.39 is 5.97 Å². The third kappa shape index (κ3) is 3.03. The zero-order valence-electron chi connectivity index (χ0n) is 12.2. The minimum Gasteiger partial charge on any atom is -0.477 e. The van der Waals surface area contributed by atoms with Crippen LogP contribution in [0.5, 0.6) is 0 Å². The molecule has 1 fully saturated rings. The second-order valence-electron chi connectivity index (χ2n) is 5.63. The second kappa shape index (κ2) is 5.77. The lowest BCUT2D eigenvalue weighted by molar-refractivity contribution is 0.0677. The predicted molar refractivity (Wildman–Crippen MR) is 78.4 cm³/mol. The van der Waals surface area contributed by atoms with Crippen molar-refractivity contribution in [2.24, 2.45) is 0 Å². The van der Waals surface area contributed by atoms with Crippen molar-refractivity contribution in [1.29, 1.82) is 0 Å². The van der Waals surface area contributed by atoms with Crippen LogP contribution in [0.3, 0.4) is 0 Å². The Morgan fingerprint density at radius 2 is 2.10 bits per heavy atom. The van der Waals surface area contributed by atoms with Crippen molar-refractivity contribution in [2.75, 3.05) is 13.1 Å². The number of aromatic carboxylic acids is 1. The standard InChI is InChI=1S/C16H20N2O3/c1-12-4-5-14(21-12)11-17-9-6-13(7-10-17)18-8-2-3-15(18)16(19)20/h2-5,8,13H,6-7,9-11H2,1H3,(H,19,20). The van der Waals surface area contributed by atoms with Crippen molar-refractivity contribution < 1.29 is 14.3 Å². The molecule has 5 heteroatoms. The van der Waals surface area contributed by atoms with E-state index in [0.717, 1.165) is 44.0 Å². The molecule has 0 atom stereocenters. The third-order valence-corrected chi connectivity index (χ3v) is 4.12. The summed E-state index contributed by atoms with van der Waals surface area (Å²) in [5.74, 6) is 1.09. The van der Waals surface area contributed by atoms with E-state index in [1.54, 1.807) is 12.1 Å². The maximum atomic E-state index is 11.2. The fourth-order valence-electron chi connectivity index (χ4n) is 3.04. The zero-order chi connectivity index (χ0) is 14.8. The highest BCUT2D eigenvalue weighted by Crippen LogP contribution is 2.25. The van der Waals surface area contributed by atoms with Gasteiger partial charge in [-0.05, 0) is 44.0 Å². The number of aryl methyl sites for hydroxylation is 1. The Morgan fingerprint density at radius 1 is 1.33 bits per heavy atom. The van der Waals surface area contributed by atoms with Gasteiger partial charge in [0.1, 0.15) is 17.2 Å². The molecule has 2 aromatic heterocycles. The van der Waals surface area contributed by atoms with Crippen LogP contribution < -0.4 is 0 Å². The van der Waals surface area contributed by atoms with Gasteiger partial charge in [-0.2, -0.15) is 0 Å². The van der Waals surface area contributed by atoms with E-state index in [2.05, 4.69) is 4.90 Å². The average molecular weight is 288 g/mol. The molecule has 0 unspecified atom stereocenters. The smallest absolute Gasteiger partial charge is 0.352 e. The van der Waals surface area contributed by atoms with Crippen LogP contribution in [0.1, 0.15) is 40.9 Å². The summed E-state index contributed by atoms with van der Waals surface area (Å²) in [6.45, 7) is 4.70. The lowest BCUT2D eigenvalue weighted by Gasteiger charge is -2.32. The van der Waals surface area contributed by atoms with Gasteiger partial charge in [-0.15, -0.1) is 0 Å². The van der Waals surface area contributed by atoms with Crippen molar-refractivity contribution >= 4 is 5.97 Å². The summed E-state index contributed by atoms with van der Waals surface area (Å²) in [5.41, 5.74) is 0.384. The number of aromatic nitrogens is 1. The fraction of sp³-hybridized carbons (Fsp3) is 0.438. The Kier molecular flexibility index (Phi) is 3.84. The van der Waals surface area contributed by atoms with Gasteiger partial charge >= 0.3 is 5.97 Å². The molecule has 0 amide bonds. The van der Waals surface area contributed by atoms with Gasteiger partial charge in [0.15, 0.2) is 0 Å². The summed E-state index contributed by atoms with van der Waals surface area (Å²) in [6.07, 6.45) is 3.81. The predicted octanol–water partition coefficient (Wildman–Crippen LogP) is 2.92. The number of piperidine rings is 1. The lowest BCUT2D eigenvalue weighted by atomic mass is 10.0. The van der Waals surface area contributed by atoms with Crippen molar-refractivity contribution in [3.8, 4) is 0 Å². The first-order valence-electron chi connectivity index (χ1n) is 7.31. The topological polar surface area (TPSA) is 58.6 Å². The molecule has 0 radical (unpaired) electrons. The van der Waals surface area contributed by atoms with E-state index in [0.29, 0.717) is 5.69 Å². The summed E-state index contributed by atoms with van der Waals surface area (Å²) in [6, 6.07) is 7.76. The average Bonchev–Trinajstić information content (AvgIpc) is 3.09. The van der Waals surface area contributed by atoms with Gasteiger partial charge in [-0.1, -0.05) is 0 Å². The number of furan rings is 1. The summed E-state index contributed by atoms with van der Waals surface area (Å²) in [5, 5.41) is 9.19. The molecular weight excluding hydrogens is 268 g/mol. The molecule has 1 aliphatic heterocycles. The molecule has 1 N–H and O–H groups in total. The highest BCUT2D eigenvalue weighted by atomic mass is 16.4. The summed E-state index contributed by atoms with van der Waals surface area (Å²) in [4.78, 5) is 13.5. The van der Waals surface area contributed by atoms with Crippen molar-refractivity contribution in [1.82, 2.24) is 9.47 Å². The molecule has 3 heterocycles. The number of carboxylic acids is 1. The SMILES string of the molecule is Cc1ccc(CN2CCC(n3cccc3C(=O)O)CC2)o1. The molecule has 0 saturated carbocycles. The molecule has 0 aromatic carbocycles. The van der Waals surface area contributed by atoms with E-state index in [1.807, 2.05) is 29.8 Å². The molecular formula is C16H20N2O3. The van der Waals surface area contributed by atoms with Crippen LogP contribution in [0.25, 0.3) is 0 Å². The number of nitrogens with zero attached hydrogens (tertiary/aromatic N) is 2. The lowest BCUT2D eigenvalue weighted by Crippen LogP contribution is -2.34. The fourth-order valence-corrected chi connectivity index (χ4v) is 3.04. The number of carbonyl (C=O) groups is 1. The molecule has 5 nitrogen and oxygen atoms in total. The van der Waals surface area contributed by atoms with Crippen LogP contribution >= 0.6 is 0 Å². The van der Waals surface area contributed by atoms with Gasteiger partial charge in [0.25, 0.3) is 0 Å². The summed E-state index contributed by atoms with van der Waals surface area (Å²) in [7, 11) is 0. The summed E-state index contributed by atoms with van der Waals surface area (Å²) >= 11 is 0. The van der Waals surface area contributed by atoms with Gasteiger partial charge in [0, 0.05) is 25.3 Å². The Morgan fingerprint density at radius 3 is 2.71 bits per heavy atom. The molecule has 112 valence electrons. The van der Waals surface area contributed by atoms with Gasteiger partial charge < -0.3 is 14.1 Å². The molecule has 21 heavy (non-hydrogen) atoms. The minimum absolute atomic E-state index is 0.278. The largest absolute Gasteiger partial charge is 0.477 e. The third-order valence-electron chi connectivity index (χ3n) is 4.12. The highest BCUT2D eigenvalue weighted by Gasteiger charge is 2.23. The van der Waals surface area contributed by atoms with Gasteiger partial charge in [0.05, 0.1) is 6.54 Å². The molecule has 0 bridgehead atoms. The first-order valence-corrected chi connectivity index (χ1v) is 7.31. The number of carboxylic acid groups (broad SMARTS) is 1. The monoisotopic (exact) mass is 288 g/mol. The molecule has 3 rings (SSSR count). The highest BCUT2D eigenvalue weighted by molar-refractivity contribution is 5.85. The van der Waals surface area contributed by atoms with Gasteiger partial charge in [-0.25, -0.2) is 4.79 Å². The van der Waals surface area contributed by atoms with Crippen molar-refractivity contribution in [3.05, 3.63) is 47.7 Å². The van der Waals surface area contributed by atoms with E-state index in [1.165, 1.54) is 0 Å². The first kappa shape index (κ1) is 13.9. The quantitative estimate of drug-likeness (QED) is 0.939. The van der Waals surface area contributed by atoms with Gasteiger partial charge in [0.2, 0.25) is 0 Å². The van der Waals surface area contributed by atoms with Crippen LogP contribution in [-0.2, 0) is 6.54 Å². The molecule has 1 aliphatic rings. The Hall–Kier alpha value is -2.01. The number of hydrogen-bond acceptors (Lipinski definition) is 3. The van der Waals surface area contributed by atoms with E-state index >= 15 is 0 Å². The maximum Gasteiger partial charge on any atom is 0.352 e. The molecule has 0 aliphatic carbocycles. The van der Waals surface area contributed by atoms with Gasteiger partial charge in [-0.3, -0.25) is 4.90 Å². The van der Waals surface area contributed by atoms with Crippen LogP contribution in [0, 0.1) is 6.92 Å². The normalized spacial score (nSPS) is 17.2. The number of hydrogen-bond donors (Lipinski definition) is 1. The molecule has 2 aromatic rings.